The Bertz CT molecular complexity index is 578. The SMILES string of the molecule is COCCNc1cnnc(Nc2ccc(Br)c(C)c2)n1. The molecular weight excluding hydrogens is 322 g/mol. The fraction of sp³-hybridized carbons (Fsp3) is 0.308. The number of methoxy groups -OCH3 is 1. The van der Waals surface area contributed by atoms with Crippen LogP contribution in [0.4, 0.5) is 17.5 Å². The molecule has 0 aliphatic heterocycles. The largest absolute Gasteiger partial charge is 0.383 e. The summed E-state index contributed by atoms with van der Waals surface area (Å²) >= 11 is 3.47. The van der Waals surface area contributed by atoms with E-state index >= 15 is 0 Å². The first-order valence-electron chi connectivity index (χ1n) is 6.15. The highest BCUT2D eigenvalue weighted by molar-refractivity contribution is 9.10. The minimum Gasteiger partial charge on any atom is -0.383 e. The number of hydrogen-bond acceptors (Lipinski definition) is 6. The molecule has 0 bridgehead atoms. The molecule has 0 unspecified atom stereocenters. The van der Waals surface area contributed by atoms with E-state index in [2.05, 4.69) is 41.7 Å². The predicted octanol–water partition coefficient (Wildman–Crippen LogP) is 2.74. The van der Waals surface area contributed by atoms with Gasteiger partial charge in [-0.3, -0.25) is 0 Å². The van der Waals surface area contributed by atoms with Gasteiger partial charge < -0.3 is 15.4 Å². The summed E-state index contributed by atoms with van der Waals surface area (Å²) in [5, 5.41) is 14.1. The van der Waals surface area contributed by atoms with E-state index < -0.39 is 0 Å². The number of ether oxygens (including phenoxy) is 1. The van der Waals surface area contributed by atoms with Gasteiger partial charge in [-0.15, -0.1) is 5.10 Å². The Kier molecular flexibility index (Phi) is 5.25. The quantitative estimate of drug-likeness (QED) is 0.789. The Morgan fingerprint density at radius 2 is 2.20 bits per heavy atom. The van der Waals surface area contributed by atoms with Gasteiger partial charge in [-0.2, -0.15) is 10.1 Å². The third kappa shape index (κ3) is 4.14. The van der Waals surface area contributed by atoms with Crippen LogP contribution in [0.5, 0.6) is 0 Å². The van der Waals surface area contributed by atoms with Gasteiger partial charge in [0.25, 0.3) is 0 Å². The Hall–Kier alpha value is -1.73. The van der Waals surface area contributed by atoms with Gasteiger partial charge >= 0.3 is 0 Å². The Balaban J connectivity index is 2.05. The predicted molar refractivity (Wildman–Crippen MR) is 82.4 cm³/mol. The van der Waals surface area contributed by atoms with Crippen LogP contribution < -0.4 is 10.6 Å². The Morgan fingerprint density at radius 1 is 1.35 bits per heavy atom. The standard InChI is InChI=1S/C13H16BrN5O/c1-9-7-10(3-4-11(9)14)17-13-18-12(8-16-19-13)15-5-6-20-2/h3-4,7-8H,5-6H2,1-2H3,(H2,15,17,18,19). The minimum absolute atomic E-state index is 0.453. The molecule has 0 aliphatic rings. The maximum Gasteiger partial charge on any atom is 0.249 e. The highest BCUT2D eigenvalue weighted by atomic mass is 79.9. The van der Waals surface area contributed by atoms with E-state index in [9.17, 15) is 0 Å². The smallest absolute Gasteiger partial charge is 0.249 e. The fourth-order valence-corrected chi connectivity index (χ4v) is 1.82. The lowest BCUT2D eigenvalue weighted by Gasteiger charge is -2.08. The molecule has 2 rings (SSSR count). The molecule has 2 aromatic rings. The van der Waals surface area contributed by atoms with Crippen LogP contribution >= 0.6 is 15.9 Å². The summed E-state index contributed by atoms with van der Waals surface area (Å²) in [6.45, 7) is 3.31. The third-order valence-corrected chi connectivity index (χ3v) is 3.47. The van der Waals surface area contributed by atoms with Crippen molar-refractivity contribution in [3.05, 3.63) is 34.4 Å². The molecule has 6 nitrogen and oxygen atoms in total. The number of nitrogens with zero attached hydrogens (tertiary/aromatic N) is 3. The zero-order valence-corrected chi connectivity index (χ0v) is 12.9. The number of rotatable bonds is 6. The van der Waals surface area contributed by atoms with Crippen LogP contribution in [0.2, 0.25) is 0 Å². The van der Waals surface area contributed by atoms with E-state index in [1.54, 1.807) is 13.3 Å². The first-order valence-corrected chi connectivity index (χ1v) is 6.94. The second-order valence-corrected chi connectivity index (χ2v) is 5.03. The second kappa shape index (κ2) is 7.16. The fourth-order valence-electron chi connectivity index (χ4n) is 1.57. The topological polar surface area (TPSA) is 72.0 Å². The van der Waals surface area contributed by atoms with Crippen LogP contribution in [0.25, 0.3) is 0 Å². The third-order valence-electron chi connectivity index (χ3n) is 2.59. The van der Waals surface area contributed by atoms with E-state index in [4.69, 9.17) is 4.74 Å². The Labute approximate surface area is 126 Å². The first-order chi connectivity index (χ1) is 9.69. The van der Waals surface area contributed by atoms with E-state index in [0.29, 0.717) is 24.9 Å². The van der Waals surface area contributed by atoms with Crippen LogP contribution in [0, 0.1) is 6.92 Å². The van der Waals surface area contributed by atoms with Crippen LogP contribution in [0.3, 0.4) is 0 Å². The lowest BCUT2D eigenvalue weighted by molar-refractivity contribution is 0.210. The first kappa shape index (κ1) is 14.7. The van der Waals surface area contributed by atoms with Crippen molar-refractivity contribution in [1.29, 1.82) is 0 Å². The summed E-state index contributed by atoms with van der Waals surface area (Å²) in [4.78, 5) is 4.33. The molecule has 0 amide bonds. The van der Waals surface area contributed by atoms with E-state index in [-0.39, 0.29) is 0 Å². The van der Waals surface area contributed by atoms with E-state index in [1.165, 1.54) is 0 Å². The molecule has 106 valence electrons. The molecule has 0 saturated heterocycles. The minimum atomic E-state index is 0.453. The molecule has 0 saturated carbocycles. The van der Waals surface area contributed by atoms with E-state index in [0.717, 1.165) is 15.7 Å². The summed E-state index contributed by atoms with van der Waals surface area (Å²) in [5.41, 5.74) is 2.05. The van der Waals surface area contributed by atoms with Gasteiger partial charge in [0, 0.05) is 23.8 Å². The molecule has 20 heavy (non-hydrogen) atoms. The average Bonchev–Trinajstić information content (AvgIpc) is 2.44. The van der Waals surface area contributed by atoms with Gasteiger partial charge in [0.05, 0.1) is 12.8 Å². The molecule has 2 N–H and O–H groups in total. The van der Waals surface area contributed by atoms with Crippen molar-refractivity contribution >= 4 is 33.4 Å². The summed E-state index contributed by atoms with van der Waals surface area (Å²) in [6.07, 6.45) is 1.58. The van der Waals surface area contributed by atoms with Gasteiger partial charge in [0.15, 0.2) is 5.82 Å². The van der Waals surface area contributed by atoms with Crippen LogP contribution in [-0.2, 0) is 4.74 Å². The molecule has 0 atom stereocenters. The monoisotopic (exact) mass is 337 g/mol. The van der Waals surface area contributed by atoms with E-state index in [1.807, 2.05) is 25.1 Å². The van der Waals surface area contributed by atoms with Gasteiger partial charge in [0.2, 0.25) is 5.95 Å². The summed E-state index contributed by atoms with van der Waals surface area (Å²) < 4.78 is 6.03. The van der Waals surface area contributed by atoms with Crippen molar-refractivity contribution in [2.75, 3.05) is 30.9 Å². The number of halogens is 1. The molecule has 1 aromatic carbocycles. The molecular formula is C13H16BrN5O. The van der Waals surface area contributed by atoms with Gasteiger partial charge in [-0.25, -0.2) is 0 Å². The summed E-state index contributed by atoms with van der Waals surface area (Å²) in [7, 11) is 1.66. The molecule has 1 heterocycles. The maximum absolute atomic E-state index is 4.97. The molecule has 0 aliphatic carbocycles. The lowest BCUT2D eigenvalue weighted by atomic mass is 10.2. The average molecular weight is 338 g/mol. The van der Waals surface area contributed by atoms with Crippen molar-refractivity contribution in [2.24, 2.45) is 0 Å². The zero-order chi connectivity index (χ0) is 14.4. The van der Waals surface area contributed by atoms with Crippen LogP contribution in [0.1, 0.15) is 5.56 Å². The number of hydrogen-bond donors (Lipinski definition) is 2. The van der Waals surface area contributed by atoms with Crippen molar-refractivity contribution in [3.63, 3.8) is 0 Å². The van der Waals surface area contributed by atoms with Crippen molar-refractivity contribution < 1.29 is 4.74 Å². The lowest BCUT2D eigenvalue weighted by Crippen LogP contribution is -2.10. The highest BCUT2D eigenvalue weighted by Crippen LogP contribution is 2.21. The molecule has 0 radical (unpaired) electrons. The molecule has 1 aromatic heterocycles. The Morgan fingerprint density at radius 3 is 2.95 bits per heavy atom. The van der Waals surface area contributed by atoms with Crippen molar-refractivity contribution in [3.8, 4) is 0 Å². The summed E-state index contributed by atoms with van der Waals surface area (Å²) in [6, 6.07) is 5.94. The van der Waals surface area contributed by atoms with Crippen molar-refractivity contribution in [1.82, 2.24) is 15.2 Å². The molecule has 0 spiro atoms. The number of aryl methyl sites for hydroxylation is 1. The number of aromatic nitrogens is 3. The van der Waals surface area contributed by atoms with Gasteiger partial charge in [-0.1, -0.05) is 15.9 Å². The highest BCUT2D eigenvalue weighted by Gasteiger charge is 2.02. The van der Waals surface area contributed by atoms with Gasteiger partial charge in [0.1, 0.15) is 0 Å². The zero-order valence-electron chi connectivity index (χ0n) is 11.4. The molecule has 7 heteroatoms. The van der Waals surface area contributed by atoms with Gasteiger partial charge in [-0.05, 0) is 30.7 Å². The van der Waals surface area contributed by atoms with Crippen LogP contribution in [-0.4, -0.2) is 35.4 Å². The maximum atomic E-state index is 4.97. The number of anilines is 3. The normalized spacial score (nSPS) is 10.3. The summed E-state index contributed by atoms with van der Waals surface area (Å²) in [5.74, 6) is 1.11. The molecule has 0 fully saturated rings. The van der Waals surface area contributed by atoms with Crippen LogP contribution in [0.15, 0.2) is 28.9 Å². The van der Waals surface area contributed by atoms with Crippen molar-refractivity contribution in [2.45, 2.75) is 6.92 Å². The number of benzene rings is 1. The number of nitrogens with one attached hydrogen (secondary N) is 2. The second-order valence-electron chi connectivity index (χ2n) is 4.17.